The molecule has 1 fully saturated rings. The zero-order valence-electron chi connectivity index (χ0n) is 13.8. The molecule has 6 nitrogen and oxygen atoms in total. The molecular formula is C17H23N3O3S. The Morgan fingerprint density at radius 1 is 1.58 bits per heavy atom. The van der Waals surface area contributed by atoms with Gasteiger partial charge in [0.05, 0.1) is 23.4 Å². The van der Waals surface area contributed by atoms with Crippen molar-refractivity contribution < 1.29 is 14.3 Å². The van der Waals surface area contributed by atoms with E-state index in [0.717, 1.165) is 42.1 Å². The van der Waals surface area contributed by atoms with Gasteiger partial charge in [-0.25, -0.2) is 4.98 Å². The summed E-state index contributed by atoms with van der Waals surface area (Å²) in [7, 11) is 0. The van der Waals surface area contributed by atoms with Gasteiger partial charge in [0, 0.05) is 36.9 Å². The van der Waals surface area contributed by atoms with Crippen LogP contribution in [0.1, 0.15) is 34.8 Å². The molecule has 0 saturated carbocycles. The molecule has 0 radical (unpaired) electrons. The average molecular weight is 349 g/mol. The summed E-state index contributed by atoms with van der Waals surface area (Å²) in [5.41, 5.74) is 2.38. The van der Waals surface area contributed by atoms with Crippen LogP contribution in [0.3, 0.4) is 0 Å². The number of nitrogens with zero attached hydrogens (tertiary/aromatic N) is 1. The first-order chi connectivity index (χ1) is 11.7. The summed E-state index contributed by atoms with van der Waals surface area (Å²) in [4.78, 5) is 19.5. The van der Waals surface area contributed by atoms with Crippen molar-refractivity contribution in [3.05, 3.63) is 28.3 Å². The van der Waals surface area contributed by atoms with E-state index in [1.165, 1.54) is 0 Å². The lowest BCUT2D eigenvalue weighted by atomic mass is 10.2. The zero-order chi connectivity index (χ0) is 16.8. The van der Waals surface area contributed by atoms with Gasteiger partial charge in [0.25, 0.3) is 5.91 Å². The Labute approximate surface area is 145 Å². The summed E-state index contributed by atoms with van der Waals surface area (Å²) < 4.78 is 11.1. The predicted molar refractivity (Wildman–Crippen MR) is 93.4 cm³/mol. The number of aryl methyl sites for hydroxylation is 1. The largest absolute Gasteiger partial charge is 0.379 e. The molecule has 2 aromatic rings. The van der Waals surface area contributed by atoms with Gasteiger partial charge in [-0.2, -0.15) is 0 Å². The van der Waals surface area contributed by atoms with Gasteiger partial charge in [-0.05, 0) is 32.3 Å². The third kappa shape index (κ3) is 4.66. The monoisotopic (exact) mass is 349 g/mol. The van der Waals surface area contributed by atoms with Crippen molar-refractivity contribution in [2.45, 2.75) is 32.3 Å². The maximum Gasteiger partial charge on any atom is 0.267 e. The Bertz CT molecular complexity index is 662. The molecule has 3 heterocycles. The minimum atomic E-state index is -0.104. The molecule has 2 aromatic heterocycles. The highest BCUT2D eigenvalue weighted by Crippen LogP contribution is 2.22. The van der Waals surface area contributed by atoms with Gasteiger partial charge < -0.3 is 19.8 Å². The Morgan fingerprint density at radius 3 is 3.25 bits per heavy atom. The zero-order valence-corrected chi connectivity index (χ0v) is 14.7. The highest BCUT2D eigenvalue weighted by molar-refractivity contribution is 7.09. The first-order valence-electron chi connectivity index (χ1n) is 8.31. The lowest BCUT2D eigenvalue weighted by Gasteiger charge is -2.10. The van der Waals surface area contributed by atoms with Crippen LogP contribution in [0, 0.1) is 6.92 Å². The average Bonchev–Trinajstić information content (AvgIpc) is 3.31. The van der Waals surface area contributed by atoms with E-state index in [9.17, 15) is 4.79 Å². The van der Waals surface area contributed by atoms with E-state index < -0.39 is 0 Å². The molecule has 7 heteroatoms. The maximum atomic E-state index is 12.1. The van der Waals surface area contributed by atoms with Crippen molar-refractivity contribution in [1.82, 2.24) is 15.3 Å². The van der Waals surface area contributed by atoms with Gasteiger partial charge in [-0.3, -0.25) is 4.79 Å². The smallest absolute Gasteiger partial charge is 0.267 e. The molecule has 2 N–H and O–H groups in total. The van der Waals surface area contributed by atoms with Crippen LogP contribution in [-0.4, -0.2) is 48.3 Å². The molecule has 0 spiro atoms. The Kier molecular flexibility index (Phi) is 6.01. The molecule has 1 amide bonds. The number of carbonyl (C=O) groups excluding carboxylic acids is 1. The topological polar surface area (TPSA) is 76.2 Å². The van der Waals surface area contributed by atoms with Gasteiger partial charge in [-0.1, -0.05) is 0 Å². The van der Waals surface area contributed by atoms with Crippen LogP contribution in [-0.2, 0) is 9.47 Å². The number of nitrogens with one attached hydrogen (secondary N) is 2. The van der Waals surface area contributed by atoms with Crippen molar-refractivity contribution in [2.24, 2.45) is 0 Å². The number of aromatic amines is 1. The number of carbonyl (C=O) groups is 1. The van der Waals surface area contributed by atoms with E-state index in [2.05, 4.69) is 15.3 Å². The molecule has 130 valence electrons. The van der Waals surface area contributed by atoms with Crippen LogP contribution in [0.5, 0.6) is 0 Å². The van der Waals surface area contributed by atoms with Gasteiger partial charge in [0.1, 0.15) is 5.69 Å². The molecule has 1 aliphatic heterocycles. The van der Waals surface area contributed by atoms with E-state index in [-0.39, 0.29) is 12.0 Å². The molecule has 24 heavy (non-hydrogen) atoms. The molecule has 0 unspecified atom stereocenters. The molecular weight excluding hydrogens is 326 g/mol. The lowest BCUT2D eigenvalue weighted by Crippen LogP contribution is -2.26. The standard InChI is InChI=1S/C17H23N3O3S/c1-12-20-16(11-24-12)13-8-15(19-9-13)17(21)18-5-3-6-22-10-14-4-2-7-23-14/h8-9,11,14,19H,2-7,10H2,1H3,(H,18,21)/t14-/m0/s1. The Hall–Kier alpha value is -1.70. The molecule has 0 aliphatic carbocycles. The van der Waals surface area contributed by atoms with Crippen molar-refractivity contribution in [3.63, 3.8) is 0 Å². The fourth-order valence-corrected chi connectivity index (χ4v) is 3.25. The first kappa shape index (κ1) is 17.1. The third-order valence-electron chi connectivity index (χ3n) is 3.92. The van der Waals surface area contributed by atoms with Crippen LogP contribution in [0.4, 0.5) is 0 Å². The van der Waals surface area contributed by atoms with Crippen LogP contribution >= 0.6 is 11.3 Å². The molecule has 1 atom stereocenters. The molecule has 1 aliphatic rings. The lowest BCUT2D eigenvalue weighted by molar-refractivity contribution is 0.0166. The van der Waals surface area contributed by atoms with Crippen LogP contribution in [0.25, 0.3) is 11.3 Å². The Morgan fingerprint density at radius 2 is 2.50 bits per heavy atom. The van der Waals surface area contributed by atoms with E-state index in [4.69, 9.17) is 9.47 Å². The number of ether oxygens (including phenoxy) is 2. The highest BCUT2D eigenvalue weighted by atomic mass is 32.1. The number of rotatable bonds is 8. The minimum absolute atomic E-state index is 0.104. The number of thiazole rings is 1. The van der Waals surface area contributed by atoms with E-state index in [1.54, 1.807) is 11.3 Å². The number of hydrogen-bond acceptors (Lipinski definition) is 5. The summed E-state index contributed by atoms with van der Waals surface area (Å²) >= 11 is 1.60. The van der Waals surface area contributed by atoms with Gasteiger partial charge >= 0.3 is 0 Å². The number of aromatic nitrogens is 2. The summed E-state index contributed by atoms with van der Waals surface area (Å²) in [6, 6.07) is 1.83. The molecule has 3 rings (SSSR count). The molecule has 0 aromatic carbocycles. The molecule has 0 bridgehead atoms. The van der Waals surface area contributed by atoms with Crippen LogP contribution in [0.15, 0.2) is 17.6 Å². The third-order valence-corrected chi connectivity index (χ3v) is 4.69. The second-order valence-electron chi connectivity index (χ2n) is 5.87. The first-order valence-corrected chi connectivity index (χ1v) is 9.19. The van der Waals surface area contributed by atoms with Crippen LogP contribution < -0.4 is 5.32 Å². The van der Waals surface area contributed by atoms with Crippen molar-refractivity contribution >= 4 is 17.2 Å². The molecule has 1 saturated heterocycles. The number of amides is 1. The predicted octanol–water partition coefficient (Wildman–Crippen LogP) is 2.76. The second-order valence-corrected chi connectivity index (χ2v) is 6.94. The summed E-state index contributed by atoms with van der Waals surface area (Å²) in [5.74, 6) is -0.104. The van der Waals surface area contributed by atoms with Gasteiger partial charge in [-0.15, -0.1) is 11.3 Å². The number of hydrogen-bond donors (Lipinski definition) is 2. The van der Waals surface area contributed by atoms with Gasteiger partial charge in [0.2, 0.25) is 0 Å². The fraction of sp³-hybridized carbons (Fsp3) is 0.529. The van der Waals surface area contributed by atoms with Gasteiger partial charge in [0.15, 0.2) is 0 Å². The maximum absolute atomic E-state index is 12.1. The normalized spacial score (nSPS) is 17.3. The highest BCUT2D eigenvalue weighted by Gasteiger charge is 2.15. The van der Waals surface area contributed by atoms with Crippen molar-refractivity contribution in [3.8, 4) is 11.3 Å². The second kappa shape index (κ2) is 8.41. The Balaban J connectivity index is 1.35. The van der Waals surface area contributed by atoms with E-state index in [0.29, 0.717) is 25.5 Å². The minimum Gasteiger partial charge on any atom is -0.379 e. The van der Waals surface area contributed by atoms with Crippen molar-refractivity contribution in [1.29, 1.82) is 0 Å². The number of H-pyrrole nitrogens is 1. The fourth-order valence-electron chi connectivity index (χ4n) is 2.63. The summed E-state index contributed by atoms with van der Waals surface area (Å²) in [5, 5.41) is 5.90. The van der Waals surface area contributed by atoms with E-state index in [1.807, 2.05) is 24.6 Å². The summed E-state index contributed by atoms with van der Waals surface area (Å²) in [6.45, 7) is 4.70. The van der Waals surface area contributed by atoms with Crippen molar-refractivity contribution in [2.75, 3.05) is 26.4 Å². The SMILES string of the molecule is Cc1nc(-c2c[nH]c(C(=O)NCCCOC[C@@H]3CCCO3)c2)cs1. The quantitative estimate of drug-likeness (QED) is 0.719. The summed E-state index contributed by atoms with van der Waals surface area (Å²) in [6.07, 6.45) is 5.07. The van der Waals surface area contributed by atoms with E-state index >= 15 is 0 Å². The van der Waals surface area contributed by atoms with Crippen LogP contribution in [0.2, 0.25) is 0 Å².